The summed E-state index contributed by atoms with van der Waals surface area (Å²) in [6.45, 7) is 5.42. The number of hydrogen-bond donors (Lipinski definition) is 2. The molecule has 0 aromatic heterocycles. The first-order valence-electron chi connectivity index (χ1n) is 7.37. The van der Waals surface area contributed by atoms with E-state index in [1.54, 1.807) is 0 Å². The number of fused-ring (bicyclic) bond motifs is 1. The number of amidine groups is 1. The zero-order valence-corrected chi connectivity index (χ0v) is 12.9. The SMILES string of the molecule is CC1(C(=N)N)CCN(CC2CSc3ccccc32)CC1. The van der Waals surface area contributed by atoms with Crippen LogP contribution < -0.4 is 5.73 Å². The smallest absolute Gasteiger partial charge is 0.0966 e. The van der Waals surface area contributed by atoms with E-state index in [0.29, 0.717) is 11.8 Å². The molecule has 0 amide bonds. The summed E-state index contributed by atoms with van der Waals surface area (Å²) in [5, 5.41) is 7.73. The molecule has 2 aliphatic heterocycles. The van der Waals surface area contributed by atoms with Gasteiger partial charge in [-0.1, -0.05) is 25.1 Å². The lowest BCUT2D eigenvalue weighted by Gasteiger charge is -2.39. The van der Waals surface area contributed by atoms with Gasteiger partial charge >= 0.3 is 0 Å². The van der Waals surface area contributed by atoms with Crippen LogP contribution in [0.5, 0.6) is 0 Å². The molecule has 3 N–H and O–H groups in total. The summed E-state index contributed by atoms with van der Waals surface area (Å²) in [4.78, 5) is 4.01. The van der Waals surface area contributed by atoms with Crippen LogP contribution in [0.3, 0.4) is 0 Å². The highest BCUT2D eigenvalue weighted by Gasteiger charge is 2.34. The summed E-state index contributed by atoms with van der Waals surface area (Å²) in [6, 6.07) is 8.81. The van der Waals surface area contributed by atoms with Crippen molar-refractivity contribution < 1.29 is 0 Å². The van der Waals surface area contributed by atoms with Gasteiger partial charge < -0.3 is 10.6 Å². The average Bonchev–Trinajstić information content (AvgIpc) is 2.85. The number of piperidine rings is 1. The second-order valence-electron chi connectivity index (χ2n) is 6.32. The number of nitrogens with zero attached hydrogens (tertiary/aromatic N) is 1. The molecule has 0 bridgehead atoms. The zero-order chi connectivity index (χ0) is 14.2. The highest BCUT2D eigenvalue weighted by molar-refractivity contribution is 7.99. The third kappa shape index (κ3) is 2.59. The van der Waals surface area contributed by atoms with Crippen LogP contribution in [0.4, 0.5) is 0 Å². The predicted octanol–water partition coefficient (Wildman–Crippen LogP) is 2.91. The number of nitrogens with two attached hydrogens (primary N) is 1. The minimum absolute atomic E-state index is 0.0706. The van der Waals surface area contributed by atoms with Crippen LogP contribution in [0.15, 0.2) is 29.2 Å². The van der Waals surface area contributed by atoms with Gasteiger partial charge in [-0.05, 0) is 37.6 Å². The first-order chi connectivity index (χ1) is 9.58. The summed E-state index contributed by atoms with van der Waals surface area (Å²) < 4.78 is 0. The van der Waals surface area contributed by atoms with Gasteiger partial charge in [0.15, 0.2) is 0 Å². The van der Waals surface area contributed by atoms with Crippen molar-refractivity contribution in [3.05, 3.63) is 29.8 Å². The normalized spacial score (nSPS) is 25.4. The molecule has 0 spiro atoms. The maximum absolute atomic E-state index is 7.73. The molecule has 3 nitrogen and oxygen atoms in total. The highest BCUT2D eigenvalue weighted by Crippen LogP contribution is 2.40. The molecule has 4 heteroatoms. The monoisotopic (exact) mass is 289 g/mol. The first kappa shape index (κ1) is 14.0. The zero-order valence-electron chi connectivity index (χ0n) is 12.1. The molecule has 1 aromatic carbocycles. The fourth-order valence-corrected chi connectivity index (χ4v) is 4.43. The van der Waals surface area contributed by atoms with Crippen molar-refractivity contribution in [3.63, 3.8) is 0 Å². The molecular formula is C16H23N3S. The van der Waals surface area contributed by atoms with E-state index in [-0.39, 0.29) is 5.41 Å². The summed E-state index contributed by atoms with van der Waals surface area (Å²) in [5.41, 5.74) is 7.19. The van der Waals surface area contributed by atoms with Crippen LogP contribution >= 0.6 is 11.8 Å². The van der Waals surface area contributed by atoms with Gasteiger partial charge in [-0.15, -0.1) is 11.8 Å². The standard InChI is InChI=1S/C16H23N3S/c1-16(15(17)18)6-8-19(9-7-16)10-12-11-20-14-5-3-2-4-13(12)14/h2-5,12H,6-11H2,1H3,(H3,17,18). The Kier molecular flexibility index (Phi) is 3.78. The molecule has 2 heterocycles. The Labute approximate surface area is 125 Å². The van der Waals surface area contributed by atoms with Gasteiger partial charge in [-0.3, -0.25) is 5.41 Å². The Bertz CT molecular complexity index is 506. The molecule has 1 unspecified atom stereocenters. The summed E-state index contributed by atoms with van der Waals surface area (Å²) >= 11 is 1.99. The summed E-state index contributed by atoms with van der Waals surface area (Å²) in [5.74, 6) is 2.23. The fraction of sp³-hybridized carbons (Fsp3) is 0.562. The molecule has 108 valence electrons. The molecule has 1 atom stereocenters. The Morgan fingerprint density at radius 3 is 2.80 bits per heavy atom. The molecule has 1 fully saturated rings. The molecule has 0 radical (unpaired) electrons. The van der Waals surface area contributed by atoms with E-state index in [2.05, 4.69) is 36.1 Å². The van der Waals surface area contributed by atoms with Gasteiger partial charge in [0, 0.05) is 28.5 Å². The maximum Gasteiger partial charge on any atom is 0.0966 e. The van der Waals surface area contributed by atoms with Crippen LogP contribution in [0, 0.1) is 10.8 Å². The van der Waals surface area contributed by atoms with Crippen molar-refractivity contribution in [2.24, 2.45) is 11.1 Å². The number of rotatable bonds is 3. The minimum Gasteiger partial charge on any atom is -0.387 e. The summed E-state index contributed by atoms with van der Waals surface area (Å²) in [7, 11) is 0. The van der Waals surface area contributed by atoms with E-state index < -0.39 is 0 Å². The number of thioether (sulfide) groups is 1. The van der Waals surface area contributed by atoms with Gasteiger partial charge in [-0.25, -0.2) is 0 Å². The Balaban J connectivity index is 1.60. The molecular weight excluding hydrogens is 266 g/mol. The van der Waals surface area contributed by atoms with E-state index in [1.165, 1.54) is 16.2 Å². The molecule has 1 saturated heterocycles. The lowest BCUT2D eigenvalue weighted by molar-refractivity contribution is 0.157. The second-order valence-corrected chi connectivity index (χ2v) is 7.38. The Hall–Kier alpha value is -1.00. The molecule has 3 rings (SSSR count). The van der Waals surface area contributed by atoms with Crippen molar-refractivity contribution in [2.75, 3.05) is 25.4 Å². The van der Waals surface area contributed by atoms with Crippen LogP contribution in [-0.2, 0) is 0 Å². The largest absolute Gasteiger partial charge is 0.387 e. The summed E-state index contributed by atoms with van der Waals surface area (Å²) in [6.07, 6.45) is 2.04. The third-order valence-corrected chi connectivity index (χ3v) is 6.14. The van der Waals surface area contributed by atoms with E-state index in [0.717, 1.165) is 32.5 Å². The highest BCUT2D eigenvalue weighted by atomic mass is 32.2. The van der Waals surface area contributed by atoms with Crippen LogP contribution in [0.2, 0.25) is 0 Å². The van der Waals surface area contributed by atoms with E-state index in [9.17, 15) is 0 Å². The average molecular weight is 289 g/mol. The molecule has 1 aromatic rings. The van der Waals surface area contributed by atoms with E-state index in [4.69, 9.17) is 11.1 Å². The topological polar surface area (TPSA) is 53.1 Å². The molecule has 0 saturated carbocycles. The van der Waals surface area contributed by atoms with Crippen LogP contribution in [0.25, 0.3) is 0 Å². The number of hydrogen-bond acceptors (Lipinski definition) is 3. The van der Waals surface area contributed by atoms with Gasteiger partial charge in [0.05, 0.1) is 5.84 Å². The van der Waals surface area contributed by atoms with Crippen molar-refractivity contribution in [1.29, 1.82) is 5.41 Å². The van der Waals surface area contributed by atoms with Crippen LogP contribution in [0.1, 0.15) is 31.2 Å². The van der Waals surface area contributed by atoms with Gasteiger partial charge in [0.25, 0.3) is 0 Å². The van der Waals surface area contributed by atoms with Gasteiger partial charge in [0.2, 0.25) is 0 Å². The lowest BCUT2D eigenvalue weighted by atomic mass is 9.79. The second kappa shape index (κ2) is 5.41. The fourth-order valence-electron chi connectivity index (χ4n) is 3.19. The van der Waals surface area contributed by atoms with Crippen molar-refractivity contribution in [2.45, 2.75) is 30.6 Å². The number of likely N-dealkylation sites (tertiary alicyclic amines) is 1. The number of benzene rings is 1. The third-order valence-electron chi connectivity index (χ3n) is 4.89. The van der Waals surface area contributed by atoms with Crippen molar-refractivity contribution in [3.8, 4) is 0 Å². The van der Waals surface area contributed by atoms with Crippen molar-refractivity contribution in [1.82, 2.24) is 4.90 Å². The van der Waals surface area contributed by atoms with Crippen molar-refractivity contribution >= 4 is 17.6 Å². The van der Waals surface area contributed by atoms with E-state index in [1.807, 2.05) is 11.8 Å². The van der Waals surface area contributed by atoms with Gasteiger partial charge in [0.1, 0.15) is 0 Å². The quantitative estimate of drug-likeness (QED) is 0.664. The Morgan fingerprint density at radius 2 is 2.10 bits per heavy atom. The molecule has 2 aliphatic rings. The minimum atomic E-state index is -0.0706. The molecule has 20 heavy (non-hydrogen) atoms. The maximum atomic E-state index is 7.73. The van der Waals surface area contributed by atoms with E-state index >= 15 is 0 Å². The molecule has 0 aliphatic carbocycles. The lowest BCUT2D eigenvalue weighted by Crippen LogP contribution is -2.46. The Morgan fingerprint density at radius 1 is 1.40 bits per heavy atom. The van der Waals surface area contributed by atoms with Crippen LogP contribution in [-0.4, -0.2) is 36.1 Å². The predicted molar refractivity (Wildman–Crippen MR) is 85.6 cm³/mol. The first-order valence-corrected chi connectivity index (χ1v) is 8.36. The van der Waals surface area contributed by atoms with Gasteiger partial charge in [-0.2, -0.15) is 0 Å². The number of nitrogens with one attached hydrogen (secondary N) is 1.